The number of aryl methyl sites for hydroxylation is 1. The summed E-state index contributed by atoms with van der Waals surface area (Å²) in [6, 6.07) is 8.24. The van der Waals surface area contributed by atoms with Crippen molar-refractivity contribution in [1.82, 2.24) is 0 Å². The summed E-state index contributed by atoms with van der Waals surface area (Å²) in [4.78, 5) is 11.9. The van der Waals surface area contributed by atoms with Crippen LogP contribution in [-0.2, 0) is 0 Å². The first kappa shape index (κ1) is 13.9. The number of hydrogen-bond acceptors (Lipinski definition) is 1. The standard InChI is InChI=1S/C14H10F2INO/c1-8-2-4-10(7-13(8)17)18-14(19)11-5-3-9(15)6-12(11)16/h2-7H,1H3,(H,18,19). The Labute approximate surface area is 123 Å². The van der Waals surface area contributed by atoms with Crippen molar-refractivity contribution in [2.24, 2.45) is 0 Å². The van der Waals surface area contributed by atoms with Gasteiger partial charge in [0.25, 0.3) is 5.91 Å². The summed E-state index contributed by atoms with van der Waals surface area (Å²) in [6.07, 6.45) is 0. The third-order valence-corrected chi connectivity index (χ3v) is 3.77. The molecule has 19 heavy (non-hydrogen) atoms. The van der Waals surface area contributed by atoms with Gasteiger partial charge in [-0.15, -0.1) is 0 Å². The Balaban J connectivity index is 2.23. The van der Waals surface area contributed by atoms with Crippen LogP contribution in [0.25, 0.3) is 0 Å². The van der Waals surface area contributed by atoms with Crippen LogP contribution in [0.15, 0.2) is 36.4 Å². The molecule has 0 unspecified atom stereocenters. The molecule has 2 aromatic carbocycles. The fourth-order valence-corrected chi connectivity index (χ4v) is 2.06. The fourth-order valence-electron chi connectivity index (χ4n) is 1.54. The summed E-state index contributed by atoms with van der Waals surface area (Å²) in [5.74, 6) is -2.18. The van der Waals surface area contributed by atoms with Crippen molar-refractivity contribution in [2.75, 3.05) is 5.32 Å². The monoisotopic (exact) mass is 373 g/mol. The minimum atomic E-state index is -0.876. The van der Waals surface area contributed by atoms with Crippen LogP contribution >= 0.6 is 22.6 Å². The van der Waals surface area contributed by atoms with Crippen molar-refractivity contribution in [3.8, 4) is 0 Å². The average Bonchev–Trinajstić information content (AvgIpc) is 2.33. The second-order valence-corrected chi connectivity index (χ2v) is 5.20. The molecule has 0 aliphatic carbocycles. The van der Waals surface area contributed by atoms with E-state index >= 15 is 0 Å². The van der Waals surface area contributed by atoms with Gasteiger partial charge in [-0.05, 0) is 59.3 Å². The lowest BCUT2D eigenvalue weighted by Crippen LogP contribution is -2.14. The molecule has 2 rings (SSSR count). The molecule has 0 spiro atoms. The predicted octanol–water partition coefficient (Wildman–Crippen LogP) is 4.13. The summed E-state index contributed by atoms with van der Waals surface area (Å²) in [5, 5.41) is 2.58. The van der Waals surface area contributed by atoms with Crippen LogP contribution in [-0.4, -0.2) is 5.91 Å². The lowest BCUT2D eigenvalue weighted by molar-refractivity contribution is 0.102. The Hall–Kier alpha value is -1.50. The maximum absolute atomic E-state index is 13.4. The zero-order valence-corrected chi connectivity index (χ0v) is 12.2. The van der Waals surface area contributed by atoms with E-state index < -0.39 is 17.5 Å². The Bertz CT molecular complexity index is 643. The van der Waals surface area contributed by atoms with Gasteiger partial charge in [0, 0.05) is 15.3 Å². The van der Waals surface area contributed by atoms with Crippen LogP contribution < -0.4 is 5.32 Å². The molecule has 0 atom stereocenters. The molecular formula is C14H10F2INO. The first-order valence-electron chi connectivity index (χ1n) is 5.50. The van der Waals surface area contributed by atoms with E-state index in [-0.39, 0.29) is 5.56 Å². The Morgan fingerprint density at radius 2 is 1.89 bits per heavy atom. The summed E-state index contributed by atoms with van der Waals surface area (Å²) >= 11 is 2.15. The summed E-state index contributed by atoms with van der Waals surface area (Å²) in [5.41, 5.74) is 1.48. The number of nitrogens with one attached hydrogen (secondary N) is 1. The molecule has 0 aliphatic rings. The molecule has 1 N–H and O–H groups in total. The van der Waals surface area contributed by atoms with Gasteiger partial charge in [-0.2, -0.15) is 0 Å². The molecule has 0 saturated heterocycles. The largest absolute Gasteiger partial charge is 0.322 e. The van der Waals surface area contributed by atoms with E-state index in [1.54, 1.807) is 12.1 Å². The van der Waals surface area contributed by atoms with Crippen molar-refractivity contribution in [2.45, 2.75) is 6.92 Å². The number of anilines is 1. The maximum Gasteiger partial charge on any atom is 0.258 e. The normalized spacial score (nSPS) is 10.3. The van der Waals surface area contributed by atoms with Gasteiger partial charge in [0.2, 0.25) is 0 Å². The second kappa shape index (κ2) is 5.64. The van der Waals surface area contributed by atoms with Gasteiger partial charge in [0.1, 0.15) is 11.6 Å². The molecule has 5 heteroatoms. The zero-order valence-electron chi connectivity index (χ0n) is 10.0. The highest BCUT2D eigenvalue weighted by molar-refractivity contribution is 14.1. The van der Waals surface area contributed by atoms with E-state index in [0.29, 0.717) is 11.8 Å². The number of carbonyl (C=O) groups excluding carboxylic acids is 1. The fraction of sp³-hybridized carbons (Fsp3) is 0.0714. The first-order chi connectivity index (χ1) is 8.97. The molecular weight excluding hydrogens is 363 g/mol. The molecule has 1 amide bonds. The van der Waals surface area contributed by atoms with Gasteiger partial charge in [0.05, 0.1) is 5.56 Å². The Morgan fingerprint density at radius 1 is 1.16 bits per heavy atom. The molecule has 0 radical (unpaired) electrons. The smallest absolute Gasteiger partial charge is 0.258 e. The lowest BCUT2D eigenvalue weighted by Gasteiger charge is -2.07. The van der Waals surface area contributed by atoms with E-state index in [4.69, 9.17) is 0 Å². The van der Waals surface area contributed by atoms with E-state index in [1.807, 2.05) is 13.0 Å². The second-order valence-electron chi connectivity index (χ2n) is 4.04. The molecule has 0 heterocycles. The zero-order chi connectivity index (χ0) is 14.0. The third-order valence-electron chi connectivity index (χ3n) is 2.61. The molecule has 0 saturated carbocycles. The molecule has 98 valence electrons. The maximum atomic E-state index is 13.4. The number of benzene rings is 2. The number of hydrogen-bond donors (Lipinski definition) is 1. The van der Waals surface area contributed by atoms with E-state index in [9.17, 15) is 13.6 Å². The SMILES string of the molecule is Cc1ccc(NC(=O)c2ccc(F)cc2F)cc1I. The van der Waals surface area contributed by atoms with Crippen molar-refractivity contribution < 1.29 is 13.6 Å². The first-order valence-corrected chi connectivity index (χ1v) is 6.58. The van der Waals surface area contributed by atoms with Crippen molar-refractivity contribution in [3.05, 3.63) is 62.7 Å². The minimum Gasteiger partial charge on any atom is -0.322 e. The molecule has 0 bridgehead atoms. The topological polar surface area (TPSA) is 29.1 Å². The van der Waals surface area contributed by atoms with Gasteiger partial charge in [-0.25, -0.2) is 8.78 Å². The van der Waals surface area contributed by atoms with Gasteiger partial charge in [0.15, 0.2) is 0 Å². The molecule has 2 aromatic rings. The van der Waals surface area contributed by atoms with Crippen LogP contribution in [0.2, 0.25) is 0 Å². The van der Waals surface area contributed by atoms with Gasteiger partial charge >= 0.3 is 0 Å². The summed E-state index contributed by atoms with van der Waals surface area (Å²) < 4.78 is 27.2. The van der Waals surface area contributed by atoms with Crippen molar-refractivity contribution in [3.63, 3.8) is 0 Å². The molecule has 0 aliphatic heterocycles. The average molecular weight is 373 g/mol. The van der Waals surface area contributed by atoms with E-state index in [0.717, 1.165) is 21.3 Å². The summed E-state index contributed by atoms with van der Waals surface area (Å²) in [6.45, 7) is 1.95. The molecule has 0 aromatic heterocycles. The highest BCUT2D eigenvalue weighted by Gasteiger charge is 2.12. The molecule has 2 nitrogen and oxygen atoms in total. The van der Waals surface area contributed by atoms with Gasteiger partial charge < -0.3 is 5.32 Å². The van der Waals surface area contributed by atoms with Crippen LogP contribution in [0, 0.1) is 22.1 Å². The van der Waals surface area contributed by atoms with Crippen molar-refractivity contribution in [1.29, 1.82) is 0 Å². The number of amides is 1. The lowest BCUT2D eigenvalue weighted by atomic mass is 10.1. The quantitative estimate of drug-likeness (QED) is 0.789. The van der Waals surface area contributed by atoms with Crippen LogP contribution in [0.3, 0.4) is 0 Å². The van der Waals surface area contributed by atoms with Gasteiger partial charge in [-0.3, -0.25) is 4.79 Å². The van der Waals surface area contributed by atoms with Gasteiger partial charge in [-0.1, -0.05) is 6.07 Å². The number of rotatable bonds is 2. The Morgan fingerprint density at radius 3 is 2.53 bits per heavy atom. The highest BCUT2D eigenvalue weighted by Crippen LogP contribution is 2.18. The van der Waals surface area contributed by atoms with E-state index in [1.165, 1.54) is 0 Å². The van der Waals surface area contributed by atoms with Crippen molar-refractivity contribution >= 4 is 34.2 Å². The minimum absolute atomic E-state index is 0.183. The number of carbonyl (C=O) groups is 1. The predicted molar refractivity (Wildman–Crippen MR) is 78.2 cm³/mol. The molecule has 0 fully saturated rings. The Kier molecular flexibility index (Phi) is 4.14. The highest BCUT2D eigenvalue weighted by atomic mass is 127. The van der Waals surface area contributed by atoms with Crippen LogP contribution in [0.1, 0.15) is 15.9 Å². The third kappa shape index (κ3) is 3.28. The van der Waals surface area contributed by atoms with Crippen LogP contribution in [0.4, 0.5) is 14.5 Å². The summed E-state index contributed by atoms with van der Waals surface area (Å²) in [7, 11) is 0. The van der Waals surface area contributed by atoms with Crippen LogP contribution in [0.5, 0.6) is 0 Å². The number of halogens is 3. The van der Waals surface area contributed by atoms with E-state index in [2.05, 4.69) is 27.9 Å².